The maximum Gasteiger partial charge on any atom is 0.332 e. The van der Waals surface area contributed by atoms with Gasteiger partial charge in [-0.1, -0.05) is 23.7 Å². The number of carbonyl (C=O) groups excluding carboxylic acids is 1. The fraction of sp³-hybridized carbons (Fsp3) is 0.188. The Balaban J connectivity index is 2.31. The lowest BCUT2D eigenvalue weighted by molar-refractivity contribution is -0.141. The van der Waals surface area contributed by atoms with Crippen LogP contribution in [0.3, 0.4) is 0 Å². The number of esters is 1. The number of hydrogen-bond donors (Lipinski definition) is 1. The van der Waals surface area contributed by atoms with Crippen LogP contribution in [0.4, 0.5) is 10.1 Å². The molecule has 5 heteroatoms. The summed E-state index contributed by atoms with van der Waals surface area (Å²) in [4.78, 5) is 12.0. The molecule has 1 unspecified atom stereocenters. The normalized spacial score (nSPS) is 11.8. The van der Waals surface area contributed by atoms with E-state index < -0.39 is 12.0 Å². The van der Waals surface area contributed by atoms with Crippen LogP contribution in [-0.4, -0.2) is 13.1 Å². The topological polar surface area (TPSA) is 38.3 Å². The molecule has 2 aromatic carbocycles. The minimum atomic E-state index is -0.710. The molecule has 0 aromatic heterocycles. The Morgan fingerprint density at radius 1 is 1.24 bits per heavy atom. The van der Waals surface area contributed by atoms with Crippen molar-refractivity contribution in [2.24, 2.45) is 0 Å². The molecule has 0 heterocycles. The first kappa shape index (κ1) is 15.3. The highest BCUT2D eigenvalue weighted by Gasteiger charge is 2.21. The van der Waals surface area contributed by atoms with Crippen molar-refractivity contribution in [2.45, 2.75) is 13.0 Å². The average molecular weight is 308 g/mol. The van der Waals surface area contributed by atoms with Crippen LogP contribution in [0.1, 0.15) is 17.2 Å². The molecule has 1 N–H and O–H groups in total. The van der Waals surface area contributed by atoms with E-state index in [0.29, 0.717) is 16.3 Å². The van der Waals surface area contributed by atoms with Crippen molar-refractivity contribution in [1.29, 1.82) is 0 Å². The van der Waals surface area contributed by atoms with Crippen LogP contribution in [0.15, 0.2) is 42.5 Å². The first-order chi connectivity index (χ1) is 10.0. The van der Waals surface area contributed by atoms with Crippen molar-refractivity contribution in [3.63, 3.8) is 0 Å². The Morgan fingerprint density at radius 2 is 1.90 bits per heavy atom. The van der Waals surface area contributed by atoms with Gasteiger partial charge in [-0.05, 0) is 48.4 Å². The second kappa shape index (κ2) is 6.59. The van der Waals surface area contributed by atoms with Crippen LogP contribution < -0.4 is 5.32 Å². The van der Waals surface area contributed by atoms with E-state index in [0.717, 1.165) is 5.56 Å². The number of nitrogens with one attached hydrogen (secondary N) is 1. The van der Waals surface area contributed by atoms with E-state index in [4.69, 9.17) is 16.3 Å². The van der Waals surface area contributed by atoms with Crippen molar-refractivity contribution >= 4 is 23.3 Å². The maximum absolute atomic E-state index is 12.9. The first-order valence-electron chi connectivity index (χ1n) is 6.37. The van der Waals surface area contributed by atoms with Crippen molar-refractivity contribution in [1.82, 2.24) is 0 Å². The summed E-state index contributed by atoms with van der Waals surface area (Å²) in [7, 11) is 1.32. The number of hydrogen-bond acceptors (Lipinski definition) is 3. The Bertz CT molecular complexity index is 643. The smallest absolute Gasteiger partial charge is 0.332 e. The molecule has 0 saturated carbocycles. The number of carbonyl (C=O) groups is 1. The van der Waals surface area contributed by atoms with Gasteiger partial charge in [0.05, 0.1) is 7.11 Å². The van der Waals surface area contributed by atoms with E-state index in [1.807, 2.05) is 13.0 Å². The van der Waals surface area contributed by atoms with Gasteiger partial charge in [-0.25, -0.2) is 9.18 Å². The summed E-state index contributed by atoms with van der Waals surface area (Å²) in [6.07, 6.45) is 0. The van der Waals surface area contributed by atoms with E-state index in [1.54, 1.807) is 24.3 Å². The van der Waals surface area contributed by atoms with Crippen LogP contribution in [0, 0.1) is 12.7 Å². The standard InChI is InChI=1S/C16H15ClFNO2/c1-10-3-4-11(9-14(10)17)15(16(20)21-2)19-13-7-5-12(18)6-8-13/h3-9,15,19H,1-2H3. The molecule has 2 aromatic rings. The van der Waals surface area contributed by atoms with Gasteiger partial charge in [0.15, 0.2) is 6.04 Å². The summed E-state index contributed by atoms with van der Waals surface area (Å²) >= 11 is 6.10. The molecular formula is C16H15ClFNO2. The Kier molecular flexibility index (Phi) is 4.81. The van der Waals surface area contributed by atoms with E-state index in [-0.39, 0.29) is 5.82 Å². The predicted molar refractivity (Wildman–Crippen MR) is 81.0 cm³/mol. The number of aryl methyl sites for hydroxylation is 1. The second-order valence-corrected chi connectivity index (χ2v) is 5.02. The van der Waals surface area contributed by atoms with Gasteiger partial charge in [0, 0.05) is 10.7 Å². The summed E-state index contributed by atoms with van der Waals surface area (Å²) in [6, 6.07) is 10.4. The highest BCUT2D eigenvalue weighted by Crippen LogP contribution is 2.25. The third-order valence-electron chi connectivity index (χ3n) is 3.12. The SMILES string of the molecule is COC(=O)C(Nc1ccc(F)cc1)c1ccc(C)c(Cl)c1. The fourth-order valence-corrected chi connectivity index (χ4v) is 2.09. The number of halogens is 2. The van der Waals surface area contributed by atoms with Crippen LogP contribution in [-0.2, 0) is 9.53 Å². The second-order valence-electron chi connectivity index (χ2n) is 4.62. The minimum absolute atomic E-state index is 0.339. The van der Waals surface area contributed by atoms with Crippen molar-refractivity contribution < 1.29 is 13.9 Å². The minimum Gasteiger partial charge on any atom is -0.467 e. The molecule has 0 aliphatic heterocycles. The van der Waals surface area contributed by atoms with Crippen LogP contribution in [0.25, 0.3) is 0 Å². The van der Waals surface area contributed by atoms with Gasteiger partial charge in [-0.15, -0.1) is 0 Å². The molecule has 0 bridgehead atoms. The Labute approximate surface area is 127 Å². The van der Waals surface area contributed by atoms with Gasteiger partial charge in [0.1, 0.15) is 5.82 Å². The molecule has 0 spiro atoms. The molecule has 0 amide bonds. The predicted octanol–water partition coefficient (Wildman–Crippen LogP) is 4.11. The van der Waals surface area contributed by atoms with E-state index in [1.165, 1.54) is 19.2 Å². The molecular weight excluding hydrogens is 293 g/mol. The molecule has 21 heavy (non-hydrogen) atoms. The summed E-state index contributed by atoms with van der Waals surface area (Å²) < 4.78 is 17.7. The number of methoxy groups -OCH3 is 1. The van der Waals surface area contributed by atoms with Gasteiger partial charge < -0.3 is 10.1 Å². The maximum atomic E-state index is 12.9. The zero-order valence-corrected chi connectivity index (χ0v) is 12.4. The average Bonchev–Trinajstić information content (AvgIpc) is 2.49. The molecule has 2 rings (SSSR count). The molecule has 0 aliphatic rings. The highest BCUT2D eigenvalue weighted by atomic mass is 35.5. The monoisotopic (exact) mass is 307 g/mol. The molecule has 0 aliphatic carbocycles. The van der Waals surface area contributed by atoms with E-state index in [9.17, 15) is 9.18 Å². The lowest BCUT2D eigenvalue weighted by Gasteiger charge is -2.18. The number of rotatable bonds is 4. The van der Waals surface area contributed by atoms with Crippen LogP contribution in [0.2, 0.25) is 5.02 Å². The van der Waals surface area contributed by atoms with Crippen molar-refractivity contribution in [3.05, 3.63) is 64.4 Å². The van der Waals surface area contributed by atoms with Gasteiger partial charge in [0.25, 0.3) is 0 Å². The van der Waals surface area contributed by atoms with Crippen molar-refractivity contribution in [2.75, 3.05) is 12.4 Å². The van der Waals surface area contributed by atoms with Gasteiger partial charge in [-0.2, -0.15) is 0 Å². The Hall–Kier alpha value is -2.07. The van der Waals surface area contributed by atoms with Crippen LogP contribution >= 0.6 is 11.6 Å². The largest absolute Gasteiger partial charge is 0.467 e. The van der Waals surface area contributed by atoms with Crippen LogP contribution in [0.5, 0.6) is 0 Å². The molecule has 3 nitrogen and oxygen atoms in total. The summed E-state index contributed by atoms with van der Waals surface area (Å²) in [5.41, 5.74) is 2.22. The number of anilines is 1. The molecule has 1 atom stereocenters. The lowest BCUT2D eigenvalue weighted by atomic mass is 10.0. The molecule has 0 radical (unpaired) electrons. The zero-order valence-electron chi connectivity index (χ0n) is 11.7. The highest BCUT2D eigenvalue weighted by molar-refractivity contribution is 6.31. The number of ether oxygens (including phenoxy) is 1. The van der Waals surface area contributed by atoms with Gasteiger partial charge >= 0.3 is 5.97 Å². The summed E-state index contributed by atoms with van der Waals surface area (Å²) in [5.74, 6) is -0.784. The van der Waals surface area contributed by atoms with Gasteiger partial charge in [-0.3, -0.25) is 0 Å². The number of benzene rings is 2. The molecule has 0 saturated heterocycles. The fourth-order valence-electron chi connectivity index (χ4n) is 1.90. The third kappa shape index (κ3) is 3.73. The summed E-state index contributed by atoms with van der Waals surface area (Å²) in [5, 5.41) is 3.59. The lowest BCUT2D eigenvalue weighted by Crippen LogP contribution is -2.22. The van der Waals surface area contributed by atoms with Gasteiger partial charge in [0.2, 0.25) is 0 Å². The first-order valence-corrected chi connectivity index (χ1v) is 6.75. The van der Waals surface area contributed by atoms with E-state index in [2.05, 4.69) is 5.32 Å². The molecule has 0 fully saturated rings. The Morgan fingerprint density at radius 3 is 2.48 bits per heavy atom. The zero-order chi connectivity index (χ0) is 15.4. The summed E-state index contributed by atoms with van der Waals surface area (Å²) in [6.45, 7) is 1.88. The van der Waals surface area contributed by atoms with Crippen molar-refractivity contribution in [3.8, 4) is 0 Å². The quantitative estimate of drug-likeness (QED) is 0.864. The van der Waals surface area contributed by atoms with E-state index >= 15 is 0 Å². The molecule has 110 valence electrons. The third-order valence-corrected chi connectivity index (χ3v) is 3.53.